The van der Waals surface area contributed by atoms with Gasteiger partial charge in [0.1, 0.15) is 0 Å². The van der Waals surface area contributed by atoms with E-state index in [1.54, 1.807) is 4.90 Å². The molecule has 1 N–H and O–H groups in total. The van der Waals surface area contributed by atoms with Crippen LogP contribution in [-0.4, -0.2) is 30.9 Å². The number of hydrogen-bond donors (Lipinski definition) is 1. The molecular weight excluding hydrogens is 260 g/mol. The standard InChI is InChI=1S/C15H21ClN2O/c1-11(13-5-3-4-6-14(13)16)18(2)15(19)9-12-7-8-17-10-12/h3-6,11-12,17H,7-10H2,1-2H3/t11-,12+/m0/s1. The van der Waals surface area contributed by atoms with Crippen molar-refractivity contribution in [3.63, 3.8) is 0 Å². The predicted molar refractivity (Wildman–Crippen MR) is 78.2 cm³/mol. The summed E-state index contributed by atoms with van der Waals surface area (Å²) in [4.78, 5) is 14.1. The first-order valence-electron chi connectivity index (χ1n) is 6.80. The number of hydrogen-bond acceptors (Lipinski definition) is 2. The molecule has 1 aromatic carbocycles. The fourth-order valence-corrected chi connectivity index (χ4v) is 2.81. The first-order valence-corrected chi connectivity index (χ1v) is 7.18. The fraction of sp³-hybridized carbons (Fsp3) is 0.533. The smallest absolute Gasteiger partial charge is 0.223 e. The molecule has 0 radical (unpaired) electrons. The number of carbonyl (C=O) groups excluding carboxylic acids is 1. The van der Waals surface area contributed by atoms with Gasteiger partial charge in [0.05, 0.1) is 6.04 Å². The monoisotopic (exact) mass is 280 g/mol. The Hall–Kier alpha value is -1.06. The molecule has 1 aliphatic rings. The second-order valence-corrected chi connectivity index (χ2v) is 5.67. The van der Waals surface area contributed by atoms with Crippen molar-refractivity contribution in [2.45, 2.75) is 25.8 Å². The Kier molecular flexibility index (Phi) is 4.83. The van der Waals surface area contributed by atoms with Gasteiger partial charge in [0.25, 0.3) is 0 Å². The molecule has 104 valence electrons. The van der Waals surface area contributed by atoms with E-state index >= 15 is 0 Å². The third kappa shape index (κ3) is 3.48. The minimum absolute atomic E-state index is 0.00978. The number of halogens is 1. The predicted octanol–water partition coefficient (Wildman–Crippen LogP) is 2.86. The molecule has 0 aliphatic carbocycles. The third-order valence-corrected chi connectivity index (χ3v) is 4.30. The molecule has 0 aromatic heterocycles. The van der Waals surface area contributed by atoms with E-state index in [4.69, 9.17) is 11.6 Å². The van der Waals surface area contributed by atoms with Gasteiger partial charge in [-0.2, -0.15) is 0 Å². The molecule has 0 bridgehead atoms. The summed E-state index contributed by atoms with van der Waals surface area (Å²) in [5.74, 6) is 0.675. The number of nitrogens with one attached hydrogen (secondary N) is 1. The molecule has 1 heterocycles. The van der Waals surface area contributed by atoms with Gasteiger partial charge in [0, 0.05) is 18.5 Å². The van der Waals surface area contributed by atoms with Gasteiger partial charge in [-0.1, -0.05) is 29.8 Å². The van der Waals surface area contributed by atoms with E-state index in [1.807, 2.05) is 38.2 Å². The average Bonchev–Trinajstić information content (AvgIpc) is 2.90. The molecule has 0 saturated carbocycles. The van der Waals surface area contributed by atoms with Crippen LogP contribution in [0.25, 0.3) is 0 Å². The second kappa shape index (κ2) is 6.40. The van der Waals surface area contributed by atoms with Crippen LogP contribution in [0, 0.1) is 5.92 Å². The van der Waals surface area contributed by atoms with Crippen molar-refractivity contribution in [1.29, 1.82) is 0 Å². The topological polar surface area (TPSA) is 32.3 Å². The summed E-state index contributed by atoms with van der Waals surface area (Å²) < 4.78 is 0. The van der Waals surface area contributed by atoms with Crippen LogP contribution >= 0.6 is 11.6 Å². The van der Waals surface area contributed by atoms with Crippen molar-refractivity contribution >= 4 is 17.5 Å². The van der Waals surface area contributed by atoms with Gasteiger partial charge >= 0.3 is 0 Å². The van der Waals surface area contributed by atoms with Crippen molar-refractivity contribution in [3.05, 3.63) is 34.9 Å². The zero-order chi connectivity index (χ0) is 13.8. The van der Waals surface area contributed by atoms with Crippen molar-refractivity contribution < 1.29 is 4.79 Å². The van der Waals surface area contributed by atoms with Crippen LogP contribution in [0.2, 0.25) is 5.02 Å². The molecule has 1 aliphatic heterocycles. The SMILES string of the molecule is C[C@@H](c1ccccc1Cl)N(C)C(=O)C[C@H]1CCNC1. The summed E-state index contributed by atoms with van der Waals surface area (Å²) >= 11 is 6.19. The molecule has 1 fully saturated rings. The quantitative estimate of drug-likeness (QED) is 0.920. The highest BCUT2D eigenvalue weighted by Gasteiger charge is 2.23. The molecule has 3 nitrogen and oxygen atoms in total. The van der Waals surface area contributed by atoms with Crippen LogP contribution in [0.4, 0.5) is 0 Å². The van der Waals surface area contributed by atoms with Gasteiger partial charge < -0.3 is 10.2 Å². The average molecular weight is 281 g/mol. The van der Waals surface area contributed by atoms with Crippen molar-refractivity contribution in [1.82, 2.24) is 10.2 Å². The first-order chi connectivity index (χ1) is 9.09. The Morgan fingerprint density at radius 3 is 2.89 bits per heavy atom. The third-order valence-electron chi connectivity index (χ3n) is 3.96. The van der Waals surface area contributed by atoms with E-state index in [-0.39, 0.29) is 11.9 Å². The molecule has 1 saturated heterocycles. The van der Waals surface area contributed by atoms with Crippen LogP contribution in [0.3, 0.4) is 0 Å². The van der Waals surface area contributed by atoms with Crippen LogP contribution in [0.15, 0.2) is 24.3 Å². The van der Waals surface area contributed by atoms with Crippen LogP contribution in [0.5, 0.6) is 0 Å². The van der Waals surface area contributed by atoms with Crippen molar-refractivity contribution in [2.24, 2.45) is 5.92 Å². The van der Waals surface area contributed by atoms with Gasteiger partial charge in [-0.25, -0.2) is 0 Å². The van der Waals surface area contributed by atoms with Crippen LogP contribution < -0.4 is 5.32 Å². The lowest BCUT2D eigenvalue weighted by atomic mass is 10.0. The summed E-state index contributed by atoms with van der Waals surface area (Å²) in [6.07, 6.45) is 1.72. The lowest BCUT2D eigenvalue weighted by Gasteiger charge is -2.27. The molecule has 19 heavy (non-hydrogen) atoms. The van der Waals surface area contributed by atoms with Gasteiger partial charge in [-0.3, -0.25) is 4.79 Å². The summed E-state index contributed by atoms with van der Waals surface area (Å²) in [5, 5.41) is 4.01. The first kappa shape index (κ1) is 14.4. The number of carbonyl (C=O) groups is 1. The largest absolute Gasteiger partial charge is 0.339 e. The highest BCUT2D eigenvalue weighted by atomic mass is 35.5. The minimum Gasteiger partial charge on any atom is -0.339 e. The summed E-state index contributed by atoms with van der Waals surface area (Å²) in [7, 11) is 1.86. The fourth-order valence-electron chi connectivity index (χ4n) is 2.52. The van der Waals surface area contributed by atoms with E-state index in [0.29, 0.717) is 12.3 Å². The van der Waals surface area contributed by atoms with Crippen LogP contribution in [0.1, 0.15) is 31.4 Å². The van der Waals surface area contributed by atoms with E-state index < -0.39 is 0 Å². The molecule has 1 aromatic rings. The summed E-state index contributed by atoms with van der Waals surface area (Å²) in [6, 6.07) is 7.72. The molecule has 1 amide bonds. The molecule has 0 spiro atoms. The Morgan fingerprint density at radius 1 is 1.53 bits per heavy atom. The number of amides is 1. The van der Waals surface area contributed by atoms with Crippen molar-refractivity contribution in [3.8, 4) is 0 Å². The molecule has 4 heteroatoms. The molecule has 2 atom stereocenters. The Morgan fingerprint density at radius 2 is 2.26 bits per heavy atom. The maximum atomic E-state index is 12.3. The maximum Gasteiger partial charge on any atom is 0.223 e. The van der Waals surface area contributed by atoms with Gasteiger partial charge in [-0.15, -0.1) is 0 Å². The lowest BCUT2D eigenvalue weighted by molar-refractivity contribution is -0.132. The Bertz CT molecular complexity index is 444. The summed E-state index contributed by atoms with van der Waals surface area (Å²) in [5.41, 5.74) is 1.00. The Labute approximate surface area is 119 Å². The highest BCUT2D eigenvalue weighted by molar-refractivity contribution is 6.31. The zero-order valence-electron chi connectivity index (χ0n) is 11.5. The van der Waals surface area contributed by atoms with Crippen LogP contribution in [-0.2, 0) is 4.79 Å². The van der Waals surface area contributed by atoms with Gasteiger partial charge in [-0.05, 0) is 44.0 Å². The van der Waals surface area contributed by atoms with E-state index in [0.717, 1.165) is 30.1 Å². The van der Waals surface area contributed by atoms with Gasteiger partial charge in [0.15, 0.2) is 0 Å². The number of benzene rings is 1. The second-order valence-electron chi connectivity index (χ2n) is 5.27. The maximum absolute atomic E-state index is 12.3. The highest BCUT2D eigenvalue weighted by Crippen LogP contribution is 2.27. The minimum atomic E-state index is 0.00978. The lowest BCUT2D eigenvalue weighted by Crippen LogP contribution is -2.31. The molecular formula is C15H21ClN2O. The molecule has 0 unspecified atom stereocenters. The normalized spacial score (nSPS) is 20.3. The van der Waals surface area contributed by atoms with E-state index in [1.165, 1.54) is 0 Å². The number of rotatable bonds is 4. The zero-order valence-corrected chi connectivity index (χ0v) is 12.3. The van der Waals surface area contributed by atoms with Gasteiger partial charge in [0.2, 0.25) is 5.91 Å². The summed E-state index contributed by atoms with van der Waals surface area (Å²) in [6.45, 7) is 4.01. The van der Waals surface area contributed by atoms with E-state index in [9.17, 15) is 4.79 Å². The number of nitrogens with zero attached hydrogens (tertiary/aromatic N) is 1. The molecule has 2 rings (SSSR count). The Balaban J connectivity index is 2.00. The van der Waals surface area contributed by atoms with Crippen molar-refractivity contribution in [2.75, 3.05) is 20.1 Å². The van der Waals surface area contributed by atoms with E-state index in [2.05, 4.69) is 5.32 Å².